The lowest BCUT2D eigenvalue weighted by molar-refractivity contribution is 0.425. The van der Waals surface area contributed by atoms with E-state index in [2.05, 4.69) is 50.7 Å². The van der Waals surface area contributed by atoms with Gasteiger partial charge in [0.1, 0.15) is 0 Å². The van der Waals surface area contributed by atoms with Gasteiger partial charge in [-0.05, 0) is 39.9 Å². The second kappa shape index (κ2) is 5.07. The van der Waals surface area contributed by atoms with Crippen LogP contribution in [-0.2, 0) is 13.5 Å². The zero-order valence-electron chi connectivity index (χ0n) is 10.8. The summed E-state index contributed by atoms with van der Waals surface area (Å²) in [4.78, 5) is 0. The van der Waals surface area contributed by atoms with Crippen LogP contribution in [-0.4, -0.2) is 9.78 Å². The molecule has 4 nitrogen and oxygen atoms in total. The molecule has 5 heteroatoms. The number of benzene rings is 1. The highest BCUT2D eigenvalue weighted by Crippen LogP contribution is 2.42. The van der Waals surface area contributed by atoms with Gasteiger partial charge >= 0.3 is 0 Å². The van der Waals surface area contributed by atoms with E-state index >= 15 is 0 Å². The van der Waals surface area contributed by atoms with E-state index < -0.39 is 0 Å². The first-order valence-electron chi connectivity index (χ1n) is 6.43. The Labute approximate surface area is 121 Å². The summed E-state index contributed by atoms with van der Waals surface area (Å²) in [6, 6.07) is 8.70. The Kier molecular flexibility index (Phi) is 3.43. The van der Waals surface area contributed by atoms with Crippen LogP contribution in [0.4, 0.5) is 0 Å². The van der Waals surface area contributed by atoms with Gasteiger partial charge in [0.15, 0.2) is 0 Å². The number of aryl methyl sites for hydroxylation is 2. The molecule has 0 radical (unpaired) electrons. The van der Waals surface area contributed by atoms with Crippen molar-refractivity contribution in [1.29, 1.82) is 0 Å². The summed E-state index contributed by atoms with van der Waals surface area (Å²) in [6.07, 6.45) is 4.06. The number of hydrazine groups is 1. The average molecular weight is 321 g/mol. The van der Waals surface area contributed by atoms with Gasteiger partial charge in [-0.1, -0.05) is 24.3 Å². The third-order valence-electron chi connectivity index (χ3n) is 3.99. The van der Waals surface area contributed by atoms with E-state index in [1.165, 1.54) is 11.1 Å². The van der Waals surface area contributed by atoms with Crippen molar-refractivity contribution < 1.29 is 0 Å². The summed E-state index contributed by atoms with van der Waals surface area (Å²) in [6.45, 7) is 0. The van der Waals surface area contributed by atoms with Crippen LogP contribution >= 0.6 is 15.9 Å². The monoisotopic (exact) mass is 320 g/mol. The maximum absolute atomic E-state index is 5.83. The Morgan fingerprint density at radius 3 is 2.95 bits per heavy atom. The average Bonchev–Trinajstić information content (AvgIpc) is 2.98. The second-order valence-electron chi connectivity index (χ2n) is 4.99. The molecule has 2 atom stereocenters. The molecule has 0 saturated carbocycles. The summed E-state index contributed by atoms with van der Waals surface area (Å²) >= 11 is 3.57. The van der Waals surface area contributed by atoms with Crippen LogP contribution in [0.5, 0.6) is 0 Å². The van der Waals surface area contributed by atoms with E-state index in [0.717, 1.165) is 23.0 Å². The predicted molar refractivity (Wildman–Crippen MR) is 78.5 cm³/mol. The van der Waals surface area contributed by atoms with Crippen LogP contribution in [0.1, 0.15) is 35.2 Å². The van der Waals surface area contributed by atoms with Crippen molar-refractivity contribution in [3.63, 3.8) is 0 Å². The van der Waals surface area contributed by atoms with Crippen LogP contribution in [0.25, 0.3) is 0 Å². The lowest BCUT2D eigenvalue weighted by Gasteiger charge is -2.24. The first-order valence-corrected chi connectivity index (χ1v) is 7.23. The molecular formula is C14H17BrN4. The van der Waals surface area contributed by atoms with Gasteiger partial charge in [0.05, 0.1) is 22.4 Å². The van der Waals surface area contributed by atoms with E-state index in [9.17, 15) is 0 Å². The smallest absolute Gasteiger partial charge is 0.0712 e. The summed E-state index contributed by atoms with van der Waals surface area (Å²) in [5.41, 5.74) is 6.92. The Balaban J connectivity index is 2.01. The van der Waals surface area contributed by atoms with Crippen LogP contribution in [0.3, 0.4) is 0 Å². The molecule has 0 aliphatic heterocycles. The minimum atomic E-state index is 0.0746. The number of aromatic nitrogens is 2. The molecule has 1 aromatic heterocycles. The Morgan fingerprint density at radius 1 is 1.47 bits per heavy atom. The van der Waals surface area contributed by atoms with Gasteiger partial charge < -0.3 is 0 Å². The predicted octanol–water partition coefficient (Wildman–Crippen LogP) is 2.42. The summed E-state index contributed by atoms with van der Waals surface area (Å²) < 4.78 is 2.89. The molecule has 0 fully saturated rings. The van der Waals surface area contributed by atoms with Crippen molar-refractivity contribution in [2.45, 2.75) is 24.8 Å². The SMILES string of the molecule is Cn1ncc(Br)c1C(NN)C1CCc2ccccc21. The van der Waals surface area contributed by atoms with E-state index in [-0.39, 0.29) is 6.04 Å². The zero-order valence-corrected chi connectivity index (χ0v) is 12.4. The minimum absolute atomic E-state index is 0.0746. The molecule has 2 aromatic rings. The fourth-order valence-electron chi connectivity index (χ4n) is 3.09. The summed E-state index contributed by atoms with van der Waals surface area (Å²) in [7, 11) is 1.95. The number of nitrogens with one attached hydrogen (secondary N) is 1. The molecule has 1 heterocycles. The molecule has 3 rings (SSSR count). The number of hydrogen-bond acceptors (Lipinski definition) is 3. The fourth-order valence-corrected chi connectivity index (χ4v) is 3.69. The Bertz CT molecular complexity index is 573. The van der Waals surface area contributed by atoms with Crippen molar-refractivity contribution in [2.75, 3.05) is 0 Å². The molecule has 1 aliphatic rings. The van der Waals surface area contributed by atoms with Gasteiger partial charge in [0.25, 0.3) is 0 Å². The first kappa shape index (κ1) is 12.8. The van der Waals surface area contributed by atoms with Crippen molar-refractivity contribution in [1.82, 2.24) is 15.2 Å². The number of halogens is 1. The molecule has 3 N–H and O–H groups in total. The standard InChI is InChI=1S/C14H17BrN4/c1-19-14(12(15)8-17-19)13(18-16)11-7-6-9-4-2-3-5-10(9)11/h2-5,8,11,13,18H,6-7,16H2,1H3. The van der Waals surface area contributed by atoms with Gasteiger partial charge in [-0.15, -0.1) is 0 Å². The minimum Gasteiger partial charge on any atom is -0.271 e. The number of nitrogens with zero attached hydrogens (tertiary/aromatic N) is 2. The quantitative estimate of drug-likeness (QED) is 0.674. The molecule has 1 aromatic carbocycles. The van der Waals surface area contributed by atoms with Crippen molar-refractivity contribution in [3.05, 3.63) is 51.8 Å². The third kappa shape index (κ3) is 2.12. The highest BCUT2D eigenvalue weighted by molar-refractivity contribution is 9.10. The number of hydrogen-bond donors (Lipinski definition) is 2. The highest BCUT2D eigenvalue weighted by Gasteiger charge is 2.32. The largest absolute Gasteiger partial charge is 0.271 e. The van der Waals surface area contributed by atoms with Gasteiger partial charge in [-0.2, -0.15) is 5.10 Å². The molecule has 0 bridgehead atoms. The van der Waals surface area contributed by atoms with Crippen molar-refractivity contribution >= 4 is 15.9 Å². The topological polar surface area (TPSA) is 55.9 Å². The molecule has 19 heavy (non-hydrogen) atoms. The van der Waals surface area contributed by atoms with Crippen LogP contribution in [0, 0.1) is 0 Å². The van der Waals surface area contributed by atoms with Crippen molar-refractivity contribution in [2.24, 2.45) is 12.9 Å². The normalized spacial score (nSPS) is 19.4. The molecule has 0 spiro atoms. The van der Waals surface area contributed by atoms with E-state index in [1.807, 2.05) is 17.9 Å². The number of fused-ring (bicyclic) bond motifs is 1. The summed E-state index contributed by atoms with van der Waals surface area (Å²) in [5, 5.41) is 4.29. The van der Waals surface area contributed by atoms with E-state index in [0.29, 0.717) is 5.92 Å². The highest BCUT2D eigenvalue weighted by atomic mass is 79.9. The zero-order chi connectivity index (χ0) is 13.4. The van der Waals surface area contributed by atoms with Crippen molar-refractivity contribution in [3.8, 4) is 0 Å². The van der Waals surface area contributed by atoms with Gasteiger partial charge in [-0.3, -0.25) is 16.0 Å². The van der Waals surface area contributed by atoms with Gasteiger partial charge in [0, 0.05) is 13.0 Å². The van der Waals surface area contributed by atoms with Gasteiger partial charge in [0.2, 0.25) is 0 Å². The number of rotatable bonds is 3. The molecule has 100 valence electrons. The fraction of sp³-hybridized carbons (Fsp3) is 0.357. The van der Waals surface area contributed by atoms with Gasteiger partial charge in [-0.25, -0.2) is 0 Å². The second-order valence-corrected chi connectivity index (χ2v) is 5.84. The van der Waals surface area contributed by atoms with Crippen LogP contribution < -0.4 is 11.3 Å². The third-order valence-corrected chi connectivity index (χ3v) is 4.60. The molecule has 0 amide bonds. The maximum atomic E-state index is 5.83. The molecule has 1 aliphatic carbocycles. The van der Waals surface area contributed by atoms with Crippen LogP contribution in [0.15, 0.2) is 34.9 Å². The Hall–Kier alpha value is -1.17. The summed E-state index contributed by atoms with van der Waals surface area (Å²) in [5.74, 6) is 6.22. The van der Waals surface area contributed by atoms with E-state index in [4.69, 9.17) is 5.84 Å². The lowest BCUT2D eigenvalue weighted by Crippen LogP contribution is -2.33. The van der Waals surface area contributed by atoms with E-state index in [1.54, 1.807) is 0 Å². The molecule has 2 unspecified atom stereocenters. The Morgan fingerprint density at radius 2 is 2.26 bits per heavy atom. The maximum Gasteiger partial charge on any atom is 0.0712 e. The molecule has 0 saturated heterocycles. The lowest BCUT2D eigenvalue weighted by atomic mass is 9.91. The van der Waals surface area contributed by atoms with Crippen LogP contribution in [0.2, 0.25) is 0 Å². The molecular weight excluding hydrogens is 304 g/mol. The first-order chi connectivity index (χ1) is 9.22. The number of nitrogens with two attached hydrogens (primary N) is 1.